The number of carbonyl (C=O) groups excluding carboxylic acids is 1. The van der Waals surface area contributed by atoms with E-state index in [1.807, 2.05) is 18.4 Å². The molecule has 3 aromatic rings. The van der Waals surface area contributed by atoms with Gasteiger partial charge in [0, 0.05) is 24.0 Å². The minimum absolute atomic E-state index is 0.0517. The van der Waals surface area contributed by atoms with E-state index in [2.05, 4.69) is 6.58 Å². The lowest BCUT2D eigenvalue weighted by Gasteiger charge is -2.27. The first-order chi connectivity index (χ1) is 17.9. The normalized spacial score (nSPS) is 11.3. The summed E-state index contributed by atoms with van der Waals surface area (Å²) in [6.07, 6.45) is 1.22. The Morgan fingerprint density at radius 1 is 1.08 bits per heavy atom. The Hall–Kier alpha value is -4.01. The lowest BCUT2D eigenvalue weighted by Crippen LogP contribution is -2.42. The second-order valence-electron chi connectivity index (χ2n) is 8.16. The highest BCUT2D eigenvalue weighted by molar-refractivity contribution is 7.89. The van der Waals surface area contributed by atoms with Crippen LogP contribution in [-0.2, 0) is 27.9 Å². The number of nitro groups is 2. The van der Waals surface area contributed by atoms with Gasteiger partial charge in [-0.3, -0.25) is 25.0 Å². The molecule has 0 fully saturated rings. The summed E-state index contributed by atoms with van der Waals surface area (Å²) in [5.41, 5.74) is -0.0982. The van der Waals surface area contributed by atoms with Gasteiger partial charge in [-0.2, -0.15) is 4.31 Å². The average molecular weight is 563 g/mol. The van der Waals surface area contributed by atoms with Gasteiger partial charge in [0.1, 0.15) is 5.82 Å². The van der Waals surface area contributed by atoms with Gasteiger partial charge in [-0.25, -0.2) is 12.8 Å². The van der Waals surface area contributed by atoms with Crippen LogP contribution in [0.15, 0.2) is 71.5 Å². The summed E-state index contributed by atoms with van der Waals surface area (Å²) in [6, 6.07) is 9.56. The van der Waals surface area contributed by atoms with Gasteiger partial charge in [-0.05, 0) is 47.7 Å². The molecule has 1 aromatic heterocycles. The smallest absolute Gasteiger partial charge is 0.296 e. The van der Waals surface area contributed by atoms with E-state index in [0.717, 1.165) is 26.9 Å². The Morgan fingerprint density at radius 3 is 2.32 bits per heavy atom. The van der Waals surface area contributed by atoms with E-state index in [-0.39, 0.29) is 19.6 Å². The Bertz CT molecular complexity index is 1470. The van der Waals surface area contributed by atoms with E-state index in [1.54, 1.807) is 0 Å². The number of benzene rings is 2. The molecule has 3 rings (SSSR count). The molecule has 0 atom stereocenters. The van der Waals surface area contributed by atoms with Gasteiger partial charge in [-0.1, -0.05) is 18.2 Å². The predicted molar refractivity (Wildman–Crippen MR) is 138 cm³/mol. The van der Waals surface area contributed by atoms with Crippen LogP contribution in [0.25, 0.3) is 0 Å². The summed E-state index contributed by atoms with van der Waals surface area (Å²) in [4.78, 5) is 35.7. The molecule has 0 saturated heterocycles. The number of nitrogens with zero attached hydrogens (tertiary/aromatic N) is 4. The standard InChI is InChI=1S/C24H23FN4O7S2/c1-3-11-27(38(35,36)23-9-8-20(28(31)32)13-21(23)29(33)34)16-24(30)26(15-22-17(2)10-12-37-22)14-18-4-6-19(25)7-5-18/h3-10,12-13H,1,11,14-16H2,2H3. The number of amides is 1. The lowest BCUT2D eigenvalue weighted by molar-refractivity contribution is -0.396. The second-order valence-corrected chi connectivity index (χ2v) is 11.1. The minimum Gasteiger partial charge on any atom is -0.332 e. The SMILES string of the molecule is C=CCN(CC(=O)N(Cc1ccc(F)cc1)Cc1sccc1C)S(=O)(=O)c1ccc([N+](=O)[O-])cc1[N+](=O)[O-]. The fraction of sp³-hybridized carbons (Fsp3) is 0.208. The number of nitro benzene ring substituents is 2. The van der Waals surface area contributed by atoms with Crippen molar-refractivity contribution in [1.82, 2.24) is 9.21 Å². The molecule has 1 amide bonds. The van der Waals surface area contributed by atoms with Crippen LogP contribution in [-0.4, -0.2) is 46.5 Å². The maximum Gasteiger partial charge on any atom is 0.296 e. The van der Waals surface area contributed by atoms with Crippen molar-refractivity contribution in [2.45, 2.75) is 24.9 Å². The van der Waals surface area contributed by atoms with Crippen LogP contribution in [0.3, 0.4) is 0 Å². The zero-order valence-corrected chi connectivity index (χ0v) is 21.8. The fourth-order valence-corrected chi connectivity index (χ4v) is 5.96. The van der Waals surface area contributed by atoms with Crippen molar-refractivity contribution >= 4 is 38.6 Å². The van der Waals surface area contributed by atoms with E-state index in [9.17, 15) is 37.8 Å². The number of non-ortho nitro benzene ring substituents is 1. The van der Waals surface area contributed by atoms with Crippen LogP contribution in [0.1, 0.15) is 16.0 Å². The van der Waals surface area contributed by atoms with Crippen molar-refractivity contribution in [2.75, 3.05) is 13.1 Å². The molecule has 0 radical (unpaired) electrons. The molecule has 0 N–H and O–H groups in total. The van der Waals surface area contributed by atoms with Crippen molar-refractivity contribution in [2.24, 2.45) is 0 Å². The van der Waals surface area contributed by atoms with Crippen molar-refractivity contribution in [3.8, 4) is 0 Å². The van der Waals surface area contributed by atoms with Crippen molar-refractivity contribution < 1.29 is 27.4 Å². The zero-order valence-electron chi connectivity index (χ0n) is 20.2. The van der Waals surface area contributed by atoms with Gasteiger partial charge >= 0.3 is 0 Å². The van der Waals surface area contributed by atoms with E-state index in [4.69, 9.17) is 0 Å². The second kappa shape index (κ2) is 12.0. The highest BCUT2D eigenvalue weighted by Crippen LogP contribution is 2.31. The average Bonchev–Trinajstić information content (AvgIpc) is 3.28. The molecule has 11 nitrogen and oxygen atoms in total. The van der Waals surface area contributed by atoms with Crippen molar-refractivity contribution in [1.29, 1.82) is 0 Å². The number of aryl methyl sites for hydroxylation is 1. The molecule has 0 saturated carbocycles. The molecule has 14 heteroatoms. The summed E-state index contributed by atoms with van der Waals surface area (Å²) in [5, 5.41) is 24.5. The molecule has 200 valence electrons. The molecular formula is C24H23FN4O7S2. The quantitative estimate of drug-likeness (QED) is 0.181. The van der Waals surface area contributed by atoms with Gasteiger partial charge < -0.3 is 4.90 Å². The molecule has 0 aliphatic carbocycles. The van der Waals surface area contributed by atoms with Crippen molar-refractivity contribution in [3.63, 3.8) is 0 Å². The van der Waals surface area contributed by atoms with Gasteiger partial charge in [0.2, 0.25) is 5.91 Å². The summed E-state index contributed by atoms with van der Waals surface area (Å²) in [6.45, 7) is 4.55. The number of halogens is 1. The summed E-state index contributed by atoms with van der Waals surface area (Å²) < 4.78 is 41.0. The number of sulfonamides is 1. The largest absolute Gasteiger partial charge is 0.332 e. The molecule has 38 heavy (non-hydrogen) atoms. The van der Waals surface area contributed by atoms with Gasteiger partial charge in [0.15, 0.2) is 4.90 Å². The summed E-state index contributed by atoms with van der Waals surface area (Å²) >= 11 is 1.42. The Kier molecular flexibility index (Phi) is 9.04. The molecular weight excluding hydrogens is 539 g/mol. The van der Waals surface area contributed by atoms with Crippen LogP contribution in [0.4, 0.5) is 15.8 Å². The first-order valence-electron chi connectivity index (χ1n) is 11.0. The van der Waals surface area contributed by atoms with Gasteiger partial charge in [-0.15, -0.1) is 17.9 Å². The number of thiophene rings is 1. The van der Waals surface area contributed by atoms with Crippen LogP contribution in [0.5, 0.6) is 0 Å². The van der Waals surface area contributed by atoms with Crippen LogP contribution >= 0.6 is 11.3 Å². The zero-order chi connectivity index (χ0) is 28.0. The topological polar surface area (TPSA) is 144 Å². The minimum atomic E-state index is -4.66. The van der Waals surface area contributed by atoms with E-state index in [1.165, 1.54) is 46.6 Å². The first kappa shape index (κ1) is 28.6. The first-order valence-corrected chi connectivity index (χ1v) is 13.3. The van der Waals surface area contributed by atoms with E-state index >= 15 is 0 Å². The van der Waals surface area contributed by atoms with E-state index in [0.29, 0.717) is 11.6 Å². The monoisotopic (exact) mass is 562 g/mol. The summed E-state index contributed by atoms with van der Waals surface area (Å²) in [7, 11) is -4.66. The Morgan fingerprint density at radius 2 is 1.76 bits per heavy atom. The molecule has 1 heterocycles. The lowest BCUT2D eigenvalue weighted by atomic mass is 10.2. The van der Waals surface area contributed by atoms with Crippen LogP contribution < -0.4 is 0 Å². The van der Waals surface area contributed by atoms with Gasteiger partial charge in [0.05, 0.1) is 29.0 Å². The molecule has 0 spiro atoms. The molecule has 0 aliphatic rings. The number of hydrogen-bond donors (Lipinski definition) is 0. The fourth-order valence-electron chi connectivity index (χ4n) is 3.54. The van der Waals surface area contributed by atoms with Crippen LogP contribution in [0.2, 0.25) is 0 Å². The van der Waals surface area contributed by atoms with Gasteiger partial charge in [0.25, 0.3) is 21.4 Å². The number of carbonyl (C=O) groups is 1. The third-order valence-corrected chi connectivity index (χ3v) is 8.42. The predicted octanol–water partition coefficient (Wildman–Crippen LogP) is 4.42. The maximum atomic E-state index is 13.5. The molecule has 0 aliphatic heterocycles. The maximum absolute atomic E-state index is 13.5. The highest BCUT2D eigenvalue weighted by Gasteiger charge is 2.35. The molecule has 0 bridgehead atoms. The Balaban J connectivity index is 1.97. The van der Waals surface area contributed by atoms with E-state index < -0.39 is 54.4 Å². The third-order valence-electron chi connectivity index (χ3n) is 5.55. The van der Waals surface area contributed by atoms with Crippen molar-refractivity contribution in [3.05, 3.63) is 109 Å². The van der Waals surface area contributed by atoms with Crippen LogP contribution in [0, 0.1) is 33.0 Å². The third kappa shape index (κ3) is 6.65. The number of rotatable bonds is 12. The molecule has 2 aromatic carbocycles. The Labute approximate surface area is 221 Å². The highest BCUT2D eigenvalue weighted by atomic mass is 32.2. The number of hydrogen-bond acceptors (Lipinski definition) is 8. The molecule has 0 unspecified atom stereocenters. The summed E-state index contributed by atoms with van der Waals surface area (Å²) in [5.74, 6) is -1.06.